The van der Waals surface area contributed by atoms with E-state index in [0.29, 0.717) is 11.1 Å². The highest BCUT2D eigenvalue weighted by molar-refractivity contribution is 7.89. The third-order valence-electron chi connectivity index (χ3n) is 3.17. The Balaban J connectivity index is 2.19. The van der Waals surface area contributed by atoms with Crippen LogP contribution in [0.15, 0.2) is 59.5 Å². The molecule has 118 valence electrons. The summed E-state index contributed by atoms with van der Waals surface area (Å²) in [6, 6.07) is 14.6. The Hall–Kier alpha value is -2.69. The van der Waals surface area contributed by atoms with Crippen molar-refractivity contribution in [1.29, 1.82) is 5.26 Å². The summed E-state index contributed by atoms with van der Waals surface area (Å²) in [5.74, 6) is -1.27. The van der Waals surface area contributed by atoms with Crippen LogP contribution >= 0.6 is 0 Å². The second-order valence-corrected chi connectivity index (χ2v) is 6.55. The molecule has 23 heavy (non-hydrogen) atoms. The molecule has 7 heteroatoms. The van der Waals surface area contributed by atoms with Crippen molar-refractivity contribution in [2.45, 2.75) is 17.4 Å². The molecule has 0 bridgehead atoms. The maximum atomic E-state index is 12.2. The van der Waals surface area contributed by atoms with E-state index in [1.165, 1.54) is 12.1 Å². The molecule has 0 aliphatic heterocycles. The van der Waals surface area contributed by atoms with Crippen LogP contribution in [-0.4, -0.2) is 25.5 Å². The molecule has 0 aromatic heterocycles. The molecule has 1 atom stereocenters. The van der Waals surface area contributed by atoms with E-state index in [4.69, 9.17) is 5.26 Å². The van der Waals surface area contributed by atoms with Crippen molar-refractivity contribution in [3.05, 3.63) is 65.7 Å². The maximum absolute atomic E-state index is 12.2. The Kier molecular flexibility index (Phi) is 5.11. The van der Waals surface area contributed by atoms with Gasteiger partial charge < -0.3 is 5.11 Å². The van der Waals surface area contributed by atoms with Gasteiger partial charge in [-0.15, -0.1) is 0 Å². The summed E-state index contributed by atoms with van der Waals surface area (Å²) in [4.78, 5) is 11.4. The summed E-state index contributed by atoms with van der Waals surface area (Å²) in [6.45, 7) is 0. The van der Waals surface area contributed by atoms with Gasteiger partial charge in [0.05, 0.1) is 16.5 Å². The first-order chi connectivity index (χ1) is 10.9. The van der Waals surface area contributed by atoms with Crippen LogP contribution in [0.3, 0.4) is 0 Å². The summed E-state index contributed by atoms with van der Waals surface area (Å²) in [6.07, 6.45) is -0.0207. The standard InChI is InChI=1S/C16H14N2O4S/c17-11-13-8-6-12(7-9-13)10-15(16(19)20)18-23(21,22)14-4-2-1-3-5-14/h1-9,15,18H,10H2,(H,19,20)/t15-/m1/s1. The van der Waals surface area contributed by atoms with E-state index in [1.54, 1.807) is 42.5 Å². The summed E-state index contributed by atoms with van der Waals surface area (Å²) in [5, 5.41) is 18.0. The number of aliphatic carboxylic acids is 1. The van der Waals surface area contributed by atoms with Crippen LogP contribution in [0.5, 0.6) is 0 Å². The Bertz CT molecular complexity index is 825. The molecule has 2 rings (SSSR count). The van der Waals surface area contributed by atoms with Crippen molar-refractivity contribution in [1.82, 2.24) is 4.72 Å². The summed E-state index contributed by atoms with van der Waals surface area (Å²) < 4.78 is 26.6. The van der Waals surface area contributed by atoms with Gasteiger partial charge in [-0.25, -0.2) is 8.42 Å². The lowest BCUT2D eigenvalue weighted by Gasteiger charge is -2.15. The van der Waals surface area contributed by atoms with Crippen molar-refractivity contribution in [3.8, 4) is 6.07 Å². The van der Waals surface area contributed by atoms with Crippen molar-refractivity contribution < 1.29 is 18.3 Å². The van der Waals surface area contributed by atoms with Crippen LogP contribution in [0, 0.1) is 11.3 Å². The highest BCUT2D eigenvalue weighted by Crippen LogP contribution is 2.11. The Labute approximate surface area is 134 Å². The van der Waals surface area contributed by atoms with E-state index in [9.17, 15) is 18.3 Å². The van der Waals surface area contributed by atoms with Gasteiger partial charge in [0.1, 0.15) is 6.04 Å². The number of hydrogen-bond acceptors (Lipinski definition) is 4. The number of nitrogens with zero attached hydrogens (tertiary/aromatic N) is 1. The molecule has 0 radical (unpaired) electrons. The van der Waals surface area contributed by atoms with E-state index in [0.717, 1.165) is 0 Å². The molecular formula is C16H14N2O4S. The van der Waals surface area contributed by atoms with Gasteiger partial charge >= 0.3 is 5.97 Å². The van der Waals surface area contributed by atoms with Crippen LogP contribution in [-0.2, 0) is 21.2 Å². The molecule has 0 aliphatic carbocycles. The van der Waals surface area contributed by atoms with Crippen LogP contribution in [0.25, 0.3) is 0 Å². The van der Waals surface area contributed by atoms with Gasteiger partial charge in [0, 0.05) is 0 Å². The zero-order chi connectivity index (χ0) is 16.9. The van der Waals surface area contributed by atoms with Gasteiger partial charge in [-0.1, -0.05) is 30.3 Å². The van der Waals surface area contributed by atoms with Crippen molar-refractivity contribution >= 4 is 16.0 Å². The fourth-order valence-electron chi connectivity index (χ4n) is 1.99. The molecule has 0 amide bonds. The Morgan fingerprint density at radius 2 is 1.74 bits per heavy atom. The minimum Gasteiger partial charge on any atom is -0.480 e. The van der Waals surface area contributed by atoms with E-state index >= 15 is 0 Å². The van der Waals surface area contributed by atoms with Crippen LogP contribution in [0.2, 0.25) is 0 Å². The first kappa shape index (κ1) is 16.7. The quantitative estimate of drug-likeness (QED) is 0.835. The molecular weight excluding hydrogens is 316 g/mol. The third kappa shape index (κ3) is 4.39. The third-order valence-corrected chi connectivity index (χ3v) is 4.66. The number of sulfonamides is 1. The predicted molar refractivity (Wildman–Crippen MR) is 83.0 cm³/mol. The van der Waals surface area contributed by atoms with Crippen LogP contribution in [0.1, 0.15) is 11.1 Å². The molecule has 0 heterocycles. The lowest BCUT2D eigenvalue weighted by molar-refractivity contribution is -0.138. The van der Waals surface area contributed by atoms with E-state index < -0.39 is 22.0 Å². The number of carbonyl (C=O) groups is 1. The normalized spacial score (nSPS) is 12.3. The summed E-state index contributed by atoms with van der Waals surface area (Å²) in [7, 11) is -3.92. The number of benzene rings is 2. The minimum absolute atomic E-state index is 0.00563. The predicted octanol–water partition coefficient (Wildman–Crippen LogP) is 1.53. The second kappa shape index (κ2) is 7.05. The molecule has 0 saturated heterocycles. The topological polar surface area (TPSA) is 107 Å². The molecule has 0 spiro atoms. The van der Waals surface area contributed by atoms with Gasteiger partial charge in [0.25, 0.3) is 0 Å². The summed E-state index contributed by atoms with van der Waals surface area (Å²) in [5.41, 5.74) is 1.07. The van der Waals surface area contributed by atoms with Gasteiger partial charge in [-0.3, -0.25) is 4.79 Å². The monoisotopic (exact) mass is 330 g/mol. The number of hydrogen-bond donors (Lipinski definition) is 2. The first-order valence-electron chi connectivity index (χ1n) is 6.71. The molecule has 0 unspecified atom stereocenters. The molecule has 0 fully saturated rings. The average molecular weight is 330 g/mol. The largest absolute Gasteiger partial charge is 0.480 e. The molecule has 2 aromatic rings. The molecule has 2 aromatic carbocycles. The molecule has 0 aliphatic rings. The SMILES string of the molecule is N#Cc1ccc(C[C@@H](NS(=O)(=O)c2ccccc2)C(=O)O)cc1. The highest BCUT2D eigenvalue weighted by Gasteiger charge is 2.25. The van der Waals surface area contributed by atoms with Gasteiger partial charge in [0.2, 0.25) is 10.0 Å². The van der Waals surface area contributed by atoms with Crippen molar-refractivity contribution in [2.24, 2.45) is 0 Å². The van der Waals surface area contributed by atoms with E-state index in [1.807, 2.05) is 6.07 Å². The maximum Gasteiger partial charge on any atom is 0.322 e. The van der Waals surface area contributed by atoms with Crippen molar-refractivity contribution in [3.63, 3.8) is 0 Å². The molecule has 2 N–H and O–H groups in total. The zero-order valence-corrected chi connectivity index (χ0v) is 12.8. The number of nitrogens with one attached hydrogen (secondary N) is 1. The summed E-state index contributed by atoms with van der Waals surface area (Å²) >= 11 is 0. The number of nitriles is 1. The lowest BCUT2D eigenvalue weighted by Crippen LogP contribution is -2.42. The molecule has 6 nitrogen and oxygen atoms in total. The Morgan fingerprint density at radius 1 is 1.13 bits per heavy atom. The van der Waals surface area contributed by atoms with Gasteiger partial charge in [-0.2, -0.15) is 9.98 Å². The number of carboxylic acid groups (broad SMARTS) is 1. The molecule has 0 saturated carbocycles. The van der Waals surface area contributed by atoms with E-state index in [-0.39, 0.29) is 11.3 Å². The lowest BCUT2D eigenvalue weighted by atomic mass is 10.1. The van der Waals surface area contributed by atoms with Crippen LogP contribution < -0.4 is 4.72 Å². The van der Waals surface area contributed by atoms with Gasteiger partial charge in [-0.05, 0) is 36.2 Å². The highest BCUT2D eigenvalue weighted by atomic mass is 32.2. The van der Waals surface area contributed by atoms with E-state index in [2.05, 4.69) is 4.72 Å². The van der Waals surface area contributed by atoms with Gasteiger partial charge in [0.15, 0.2) is 0 Å². The average Bonchev–Trinajstić information content (AvgIpc) is 2.55. The Morgan fingerprint density at radius 3 is 2.26 bits per heavy atom. The number of carboxylic acids is 1. The number of rotatable bonds is 6. The van der Waals surface area contributed by atoms with Crippen LogP contribution in [0.4, 0.5) is 0 Å². The fourth-order valence-corrected chi connectivity index (χ4v) is 3.20. The smallest absolute Gasteiger partial charge is 0.322 e. The first-order valence-corrected chi connectivity index (χ1v) is 8.20. The second-order valence-electron chi connectivity index (χ2n) is 4.84. The van der Waals surface area contributed by atoms with Crippen molar-refractivity contribution in [2.75, 3.05) is 0 Å². The zero-order valence-electron chi connectivity index (χ0n) is 12.0. The fraction of sp³-hybridized carbons (Fsp3) is 0.125. The minimum atomic E-state index is -3.92.